The van der Waals surface area contributed by atoms with Gasteiger partial charge in [-0.1, -0.05) is 28.1 Å². The van der Waals surface area contributed by atoms with Crippen LogP contribution in [-0.4, -0.2) is 10.9 Å². The van der Waals surface area contributed by atoms with Gasteiger partial charge in [0, 0.05) is 21.3 Å². The molecule has 2 aromatic heterocycles. The number of nitrogens with one attached hydrogen (secondary N) is 1. The molecule has 4 aromatic rings. The number of amides is 1. The van der Waals surface area contributed by atoms with E-state index in [0.29, 0.717) is 11.6 Å². The molecule has 0 aliphatic carbocycles. The molecule has 6 heteroatoms. The molecule has 2 aromatic carbocycles. The highest BCUT2D eigenvalue weighted by Gasteiger charge is 2.11. The van der Waals surface area contributed by atoms with Gasteiger partial charge in [0.25, 0.3) is 5.91 Å². The van der Waals surface area contributed by atoms with Crippen molar-refractivity contribution in [2.45, 2.75) is 0 Å². The van der Waals surface area contributed by atoms with Crippen LogP contribution in [0.25, 0.3) is 22.7 Å². The first-order valence-corrected chi connectivity index (χ1v) is 8.65. The van der Waals surface area contributed by atoms with Crippen LogP contribution in [0.5, 0.6) is 0 Å². The molecule has 4 rings (SSSR count). The van der Waals surface area contributed by atoms with E-state index >= 15 is 0 Å². The Morgan fingerprint density at radius 1 is 0.962 bits per heavy atom. The summed E-state index contributed by atoms with van der Waals surface area (Å²) in [6.45, 7) is 0. The van der Waals surface area contributed by atoms with Gasteiger partial charge in [-0.25, -0.2) is 4.98 Å². The molecule has 0 bridgehead atoms. The van der Waals surface area contributed by atoms with E-state index in [1.165, 1.54) is 6.26 Å². The fourth-order valence-corrected chi connectivity index (χ4v) is 2.88. The molecule has 0 spiro atoms. The molecule has 128 valence electrons. The minimum absolute atomic E-state index is 0.264. The number of benzene rings is 2. The van der Waals surface area contributed by atoms with Gasteiger partial charge in [-0.15, -0.1) is 0 Å². The lowest BCUT2D eigenvalue weighted by Gasteiger charge is -2.03. The van der Waals surface area contributed by atoms with Crippen LogP contribution in [0, 0.1) is 0 Å². The molecule has 0 radical (unpaired) electrons. The lowest BCUT2D eigenvalue weighted by atomic mass is 10.2. The van der Waals surface area contributed by atoms with E-state index in [-0.39, 0.29) is 11.7 Å². The maximum atomic E-state index is 12.0. The largest absolute Gasteiger partial charge is 0.459 e. The molecule has 0 saturated carbocycles. The number of carbonyl (C=O) groups excluding carboxylic acids is 1. The monoisotopic (exact) mass is 408 g/mol. The number of carbonyl (C=O) groups is 1. The van der Waals surface area contributed by atoms with Crippen molar-refractivity contribution in [1.29, 1.82) is 0 Å². The number of hydrogen-bond acceptors (Lipinski definition) is 4. The van der Waals surface area contributed by atoms with E-state index in [1.807, 2.05) is 36.4 Å². The maximum Gasteiger partial charge on any atom is 0.291 e. The summed E-state index contributed by atoms with van der Waals surface area (Å²) in [6.07, 6.45) is 3.09. The van der Waals surface area contributed by atoms with E-state index in [9.17, 15) is 4.79 Å². The normalized spacial score (nSPS) is 10.7. The number of nitrogens with zero attached hydrogens (tertiary/aromatic N) is 1. The third kappa shape index (κ3) is 3.45. The molecule has 1 amide bonds. The van der Waals surface area contributed by atoms with Gasteiger partial charge in [0.15, 0.2) is 5.76 Å². The zero-order valence-corrected chi connectivity index (χ0v) is 15.1. The highest BCUT2D eigenvalue weighted by Crippen LogP contribution is 2.27. The number of hydrogen-bond donors (Lipinski definition) is 1. The molecule has 26 heavy (non-hydrogen) atoms. The van der Waals surface area contributed by atoms with Crippen LogP contribution in [0.15, 0.2) is 86.5 Å². The van der Waals surface area contributed by atoms with E-state index in [2.05, 4.69) is 26.2 Å². The predicted molar refractivity (Wildman–Crippen MR) is 102 cm³/mol. The van der Waals surface area contributed by atoms with Gasteiger partial charge in [-0.3, -0.25) is 4.79 Å². The maximum absolute atomic E-state index is 12.0. The van der Waals surface area contributed by atoms with E-state index in [0.717, 1.165) is 21.3 Å². The smallest absolute Gasteiger partial charge is 0.291 e. The minimum Gasteiger partial charge on any atom is -0.459 e. The Labute approximate surface area is 157 Å². The number of furan rings is 1. The summed E-state index contributed by atoms with van der Waals surface area (Å²) in [5.74, 6) is 0.486. The number of rotatable bonds is 4. The van der Waals surface area contributed by atoms with E-state index in [4.69, 9.17) is 8.83 Å². The Bertz CT molecular complexity index is 1040. The summed E-state index contributed by atoms with van der Waals surface area (Å²) in [5.41, 5.74) is 3.21. The topological polar surface area (TPSA) is 68.3 Å². The van der Waals surface area contributed by atoms with Gasteiger partial charge in [-0.2, -0.15) is 0 Å². The first-order chi connectivity index (χ1) is 12.7. The molecule has 0 atom stereocenters. The van der Waals surface area contributed by atoms with Crippen molar-refractivity contribution in [3.05, 3.63) is 83.4 Å². The molecule has 0 unspecified atom stereocenters. The van der Waals surface area contributed by atoms with Gasteiger partial charge in [0.2, 0.25) is 5.89 Å². The van der Waals surface area contributed by atoms with Crippen molar-refractivity contribution < 1.29 is 13.6 Å². The van der Waals surface area contributed by atoms with Crippen LogP contribution < -0.4 is 5.32 Å². The summed E-state index contributed by atoms with van der Waals surface area (Å²) in [4.78, 5) is 16.5. The molecule has 2 heterocycles. The lowest BCUT2D eigenvalue weighted by molar-refractivity contribution is 0.0996. The molecule has 5 nitrogen and oxygen atoms in total. The van der Waals surface area contributed by atoms with Crippen LogP contribution in [-0.2, 0) is 0 Å². The van der Waals surface area contributed by atoms with Crippen molar-refractivity contribution >= 4 is 27.5 Å². The Kier molecular flexibility index (Phi) is 4.41. The quantitative estimate of drug-likeness (QED) is 0.475. The van der Waals surface area contributed by atoms with Gasteiger partial charge >= 0.3 is 0 Å². The van der Waals surface area contributed by atoms with Crippen molar-refractivity contribution in [2.75, 3.05) is 5.32 Å². The summed E-state index contributed by atoms with van der Waals surface area (Å²) in [6, 6.07) is 18.4. The molecule has 0 aliphatic rings. The molecular weight excluding hydrogens is 396 g/mol. The highest BCUT2D eigenvalue weighted by molar-refractivity contribution is 9.10. The van der Waals surface area contributed by atoms with E-state index in [1.54, 1.807) is 30.5 Å². The molecule has 0 saturated heterocycles. The summed E-state index contributed by atoms with van der Waals surface area (Å²) in [5, 5.41) is 2.77. The van der Waals surface area contributed by atoms with Crippen LogP contribution in [0.3, 0.4) is 0 Å². The zero-order valence-electron chi connectivity index (χ0n) is 13.5. The zero-order chi connectivity index (χ0) is 17.9. The van der Waals surface area contributed by atoms with Crippen LogP contribution >= 0.6 is 15.9 Å². The lowest BCUT2D eigenvalue weighted by Crippen LogP contribution is -2.10. The second kappa shape index (κ2) is 7.01. The number of halogens is 1. The van der Waals surface area contributed by atoms with Crippen LogP contribution in [0.2, 0.25) is 0 Å². The second-order valence-electron chi connectivity index (χ2n) is 5.56. The third-order valence-electron chi connectivity index (χ3n) is 3.76. The molecule has 0 aliphatic heterocycles. The van der Waals surface area contributed by atoms with Crippen molar-refractivity contribution in [1.82, 2.24) is 4.98 Å². The minimum atomic E-state index is -0.296. The fraction of sp³-hybridized carbons (Fsp3) is 0. The van der Waals surface area contributed by atoms with E-state index < -0.39 is 0 Å². The first kappa shape index (κ1) is 16.4. The Hall–Kier alpha value is -3.12. The SMILES string of the molecule is O=C(Nc1ccc(-c2nc(-c3cccc(Br)c3)co2)cc1)c1ccco1. The van der Waals surface area contributed by atoms with Gasteiger partial charge < -0.3 is 14.2 Å². The second-order valence-corrected chi connectivity index (χ2v) is 6.47. The van der Waals surface area contributed by atoms with Crippen molar-refractivity contribution in [3.8, 4) is 22.7 Å². The van der Waals surface area contributed by atoms with Crippen LogP contribution in [0.1, 0.15) is 10.6 Å². The number of oxazole rings is 1. The first-order valence-electron chi connectivity index (χ1n) is 7.86. The van der Waals surface area contributed by atoms with Gasteiger partial charge in [0.1, 0.15) is 12.0 Å². The summed E-state index contributed by atoms with van der Waals surface area (Å²) < 4.78 is 11.7. The third-order valence-corrected chi connectivity index (χ3v) is 4.25. The van der Waals surface area contributed by atoms with Gasteiger partial charge in [0.05, 0.1) is 6.26 Å². The number of anilines is 1. The average Bonchev–Trinajstić information content (AvgIpc) is 3.35. The standard InChI is InChI=1S/C20H13BrN2O3/c21-15-4-1-3-14(11-15)17-12-26-20(23-17)13-6-8-16(9-7-13)22-19(24)18-5-2-10-25-18/h1-12H,(H,22,24). The Balaban J connectivity index is 1.51. The Morgan fingerprint density at radius 2 is 1.81 bits per heavy atom. The van der Waals surface area contributed by atoms with Crippen molar-refractivity contribution in [2.24, 2.45) is 0 Å². The predicted octanol–water partition coefficient (Wildman–Crippen LogP) is 5.62. The summed E-state index contributed by atoms with van der Waals surface area (Å²) in [7, 11) is 0. The molecule has 0 fully saturated rings. The average molecular weight is 409 g/mol. The van der Waals surface area contributed by atoms with Gasteiger partial charge in [-0.05, 0) is 48.5 Å². The summed E-state index contributed by atoms with van der Waals surface area (Å²) >= 11 is 3.45. The highest BCUT2D eigenvalue weighted by atomic mass is 79.9. The Morgan fingerprint density at radius 3 is 2.54 bits per heavy atom. The molecule has 1 N–H and O–H groups in total. The van der Waals surface area contributed by atoms with Crippen LogP contribution in [0.4, 0.5) is 5.69 Å². The number of aromatic nitrogens is 1. The van der Waals surface area contributed by atoms with Crippen molar-refractivity contribution in [3.63, 3.8) is 0 Å². The fourth-order valence-electron chi connectivity index (χ4n) is 2.48. The molecular formula is C20H13BrN2O3.